The van der Waals surface area contributed by atoms with Crippen LogP contribution in [0.1, 0.15) is 47.8 Å². The molecule has 2 aliphatic rings. The number of rotatable bonds is 6. The number of fused-ring (bicyclic) bond motifs is 1. The van der Waals surface area contributed by atoms with Gasteiger partial charge in [0.15, 0.2) is 0 Å². The Kier molecular flexibility index (Phi) is 6.31. The standard InChI is InChI=1S/C23H32N4O2/c1-3-27-22-10-12-29-16-20(22)21(25-27)15-26-11-4-5-19(14-26)24-23(28)13-18-8-6-17(2)7-9-18/h6-9,19H,3-5,10-16H2,1-2H3,(H,24,28)/t19-/m1/s1. The fourth-order valence-corrected chi connectivity index (χ4v) is 4.47. The van der Waals surface area contributed by atoms with Crippen molar-refractivity contribution in [3.05, 3.63) is 52.3 Å². The Morgan fingerprint density at radius 2 is 2.14 bits per heavy atom. The number of carbonyl (C=O) groups is 1. The fraction of sp³-hybridized carbons (Fsp3) is 0.565. The molecule has 6 heteroatoms. The molecule has 0 bridgehead atoms. The van der Waals surface area contributed by atoms with Gasteiger partial charge in [-0.2, -0.15) is 5.10 Å². The second-order valence-corrected chi connectivity index (χ2v) is 8.29. The third-order valence-electron chi connectivity index (χ3n) is 6.01. The average molecular weight is 397 g/mol. The summed E-state index contributed by atoms with van der Waals surface area (Å²) in [4.78, 5) is 14.9. The van der Waals surface area contributed by atoms with E-state index in [-0.39, 0.29) is 11.9 Å². The summed E-state index contributed by atoms with van der Waals surface area (Å²) in [5.74, 6) is 0.113. The van der Waals surface area contributed by atoms with Crippen molar-refractivity contribution in [2.45, 2.75) is 65.3 Å². The van der Waals surface area contributed by atoms with E-state index in [0.717, 1.165) is 63.3 Å². The van der Waals surface area contributed by atoms with Gasteiger partial charge >= 0.3 is 0 Å². The van der Waals surface area contributed by atoms with E-state index in [9.17, 15) is 4.79 Å². The van der Waals surface area contributed by atoms with E-state index >= 15 is 0 Å². The Hall–Kier alpha value is -2.18. The number of benzene rings is 1. The largest absolute Gasteiger partial charge is 0.376 e. The molecule has 0 aliphatic carbocycles. The molecule has 29 heavy (non-hydrogen) atoms. The van der Waals surface area contributed by atoms with E-state index in [2.05, 4.69) is 40.9 Å². The highest BCUT2D eigenvalue weighted by Crippen LogP contribution is 2.23. The van der Waals surface area contributed by atoms with Gasteiger partial charge in [-0.25, -0.2) is 0 Å². The Labute approximate surface area is 173 Å². The highest BCUT2D eigenvalue weighted by atomic mass is 16.5. The zero-order valence-corrected chi connectivity index (χ0v) is 17.6. The number of hydrogen-bond donors (Lipinski definition) is 1. The van der Waals surface area contributed by atoms with Gasteiger partial charge in [-0.3, -0.25) is 14.4 Å². The number of carbonyl (C=O) groups excluding carboxylic acids is 1. The van der Waals surface area contributed by atoms with Crippen molar-refractivity contribution in [1.29, 1.82) is 0 Å². The Morgan fingerprint density at radius 1 is 1.31 bits per heavy atom. The second kappa shape index (κ2) is 9.09. The van der Waals surface area contributed by atoms with Crippen molar-refractivity contribution in [2.75, 3.05) is 19.7 Å². The molecule has 2 aromatic rings. The first kappa shape index (κ1) is 20.1. The predicted molar refractivity (Wildman–Crippen MR) is 113 cm³/mol. The molecule has 3 heterocycles. The molecule has 1 atom stereocenters. The number of amides is 1. The number of aromatic nitrogens is 2. The van der Waals surface area contributed by atoms with E-state index in [4.69, 9.17) is 9.84 Å². The number of hydrogen-bond acceptors (Lipinski definition) is 4. The molecule has 0 saturated carbocycles. The third kappa shape index (κ3) is 4.87. The summed E-state index contributed by atoms with van der Waals surface area (Å²) >= 11 is 0. The zero-order valence-electron chi connectivity index (χ0n) is 17.6. The molecule has 1 aromatic carbocycles. The number of aryl methyl sites for hydroxylation is 2. The zero-order chi connectivity index (χ0) is 20.2. The van der Waals surface area contributed by atoms with Crippen molar-refractivity contribution in [2.24, 2.45) is 0 Å². The van der Waals surface area contributed by atoms with Crippen LogP contribution in [-0.2, 0) is 42.1 Å². The van der Waals surface area contributed by atoms with Crippen LogP contribution >= 0.6 is 0 Å². The Morgan fingerprint density at radius 3 is 2.93 bits per heavy atom. The van der Waals surface area contributed by atoms with Gasteiger partial charge in [-0.1, -0.05) is 29.8 Å². The van der Waals surface area contributed by atoms with E-state index in [0.29, 0.717) is 13.0 Å². The molecule has 1 amide bonds. The van der Waals surface area contributed by atoms with Gasteiger partial charge < -0.3 is 10.1 Å². The van der Waals surface area contributed by atoms with E-state index in [1.807, 2.05) is 12.1 Å². The maximum atomic E-state index is 12.5. The molecule has 1 fully saturated rings. The summed E-state index contributed by atoms with van der Waals surface area (Å²) in [6.45, 7) is 9.35. The highest BCUT2D eigenvalue weighted by Gasteiger charge is 2.26. The topological polar surface area (TPSA) is 59.4 Å². The number of nitrogens with zero attached hydrogens (tertiary/aromatic N) is 3. The smallest absolute Gasteiger partial charge is 0.224 e. The van der Waals surface area contributed by atoms with Gasteiger partial charge in [0.05, 0.1) is 25.3 Å². The Bertz CT molecular complexity index is 843. The van der Waals surface area contributed by atoms with Gasteiger partial charge in [0.25, 0.3) is 0 Å². The van der Waals surface area contributed by atoms with Crippen molar-refractivity contribution in [3.63, 3.8) is 0 Å². The number of ether oxygens (including phenoxy) is 1. The summed E-state index contributed by atoms with van der Waals surface area (Å²) in [5.41, 5.74) is 6.05. The maximum Gasteiger partial charge on any atom is 0.224 e. The molecular weight excluding hydrogens is 364 g/mol. The van der Waals surface area contributed by atoms with Crippen molar-refractivity contribution < 1.29 is 9.53 Å². The minimum absolute atomic E-state index is 0.113. The van der Waals surface area contributed by atoms with E-state index in [1.165, 1.54) is 16.8 Å². The lowest BCUT2D eigenvalue weighted by atomic mass is 10.0. The minimum atomic E-state index is 0.113. The van der Waals surface area contributed by atoms with Crippen molar-refractivity contribution in [1.82, 2.24) is 20.0 Å². The van der Waals surface area contributed by atoms with Crippen molar-refractivity contribution in [3.8, 4) is 0 Å². The van der Waals surface area contributed by atoms with Crippen molar-refractivity contribution >= 4 is 5.91 Å². The summed E-state index contributed by atoms with van der Waals surface area (Å²) < 4.78 is 7.83. The van der Waals surface area contributed by atoms with Gasteiger partial charge in [-0.05, 0) is 38.8 Å². The first-order chi connectivity index (χ1) is 14.1. The lowest BCUT2D eigenvalue weighted by molar-refractivity contribution is -0.121. The lowest BCUT2D eigenvalue weighted by Gasteiger charge is -2.33. The summed E-state index contributed by atoms with van der Waals surface area (Å²) in [7, 11) is 0. The van der Waals surface area contributed by atoms with E-state index < -0.39 is 0 Å². The van der Waals surface area contributed by atoms with Crippen LogP contribution in [0.25, 0.3) is 0 Å². The number of piperidine rings is 1. The fourth-order valence-electron chi connectivity index (χ4n) is 4.47. The predicted octanol–water partition coefficient (Wildman–Crippen LogP) is 2.61. The van der Waals surface area contributed by atoms with Crippen LogP contribution in [0.5, 0.6) is 0 Å². The van der Waals surface area contributed by atoms with E-state index in [1.54, 1.807) is 0 Å². The maximum absolute atomic E-state index is 12.5. The first-order valence-corrected chi connectivity index (χ1v) is 10.8. The van der Waals surface area contributed by atoms with Crippen LogP contribution in [0.2, 0.25) is 0 Å². The Balaban J connectivity index is 1.34. The summed E-state index contributed by atoms with van der Waals surface area (Å²) in [5, 5.41) is 8.11. The van der Waals surface area contributed by atoms with Gasteiger partial charge in [0.2, 0.25) is 5.91 Å². The number of nitrogens with one attached hydrogen (secondary N) is 1. The van der Waals surface area contributed by atoms with Crippen LogP contribution in [-0.4, -0.2) is 46.3 Å². The highest BCUT2D eigenvalue weighted by molar-refractivity contribution is 5.78. The van der Waals surface area contributed by atoms with Crippen LogP contribution in [0.3, 0.4) is 0 Å². The summed E-state index contributed by atoms with van der Waals surface area (Å²) in [6, 6.07) is 8.41. The molecule has 1 N–H and O–H groups in total. The van der Waals surface area contributed by atoms with Crippen LogP contribution in [0.4, 0.5) is 0 Å². The molecule has 0 radical (unpaired) electrons. The second-order valence-electron chi connectivity index (χ2n) is 8.29. The average Bonchev–Trinajstić information content (AvgIpc) is 3.08. The molecule has 0 unspecified atom stereocenters. The molecule has 1 aromatic heterocycles. The molecule has 2 aliphatic heterocycles. The quantitative estimate of drug-likeness (QED) is 0.815. The molecule has 156 valence electrons. The van der Waals surface area contributed by atoms with Gasteiger partial charge in [0, 0.05) is 43.4 Å². The summed E-state index contributed by atoms with van der Waals surface area (Å²) in [6.07, 6.45) is 3.54. The third-order valence-corrected chi connectivity index (χ3v) is 6.01. The molecule has 1 saturated heterocycles. The van der Waals surface area contributed by atoms with Crippen LogP contribution < -0.4 is 5.32 Å². The number of likely N-dealkylation sites (tertiary alicyclic amines) is 1. The van der Waals surface area contributed by atoms with Gasteiger partial charge in [0.1, 0.15) is 0 Å². The lowest BCUT2D eigenvalue weighted by Crippen LogP contribution is -2.47. The first-order valence-electron chi connectivity index (χ1n) is 10.8. The van der Waals surface area contributed by atoms with Gasteiger partial charge in [-0.15, -0.1) is 0 Å². The molecule has 0 spiro atoms. The molecule has 6 nitrogen and oxygen atoms in total. The normalized spacial score (nSPS) is 19.7. The SMILES string of the molecule is CCn1nc(CN2CCC[C@@H](NC(=O)Cc3ccc(C)cc3)C2)c2c1CCOC2. The minimum Gasteiger partial charge on any atom is -0.376 e. The monoisotopic (exact) mass is 396 g/mol. The van der Waals surface area contributed by atoms with Crippen LogP contribution in [0, 0.1) is 6.92 Å². The molecular formula is C23H32N4O2. The van der Waals surface area contributed by atoms with Crippen LogP contribution in [0.15, 0.2) is 24.3 Å². The molecule has 4 rings (SSSR count).